The Labute approximate surface area is 93.6 Å². The van der Waals surface area contributed by atoms with Gasteiger partial charge in [0.25, 0.3) is 0 Å². The maximum atomic E-state index is 13.8. The Morgan fingerprint density at radius 2 is 2.12 bits per heavy atom. The van der Waals surface area contributed by atoms with Gasteiger partial charge in [0.15, 0.2) is 5.54 Å². The molecule has 0 amide bonds. The van der Waals surface area contributed by atoms with Gasteiger partial charge >= 0.3 is 11.9 Å². The van der Waals surface area contributed by atoms with E-state index in [4.69, 9.17) is 10.2 Å². The van der Waals surface area contributed by atoms with E-state index >= 15 is 0 Å². The topological polar surface area (TPSA) is 86.6 Å². The SMILES string of the molecule is O=C(O)[C@H]1[C@@H]2C[C@H](F)[C@@](NCP)(C(=O)O)[C@@H]21. The lowest BCUT2D eigenvalue weighted by Crippen LogP contribution is -2.59. The van der Waals surface area contributed by atoms with E-state index in [-0.39, 0.29) is 18.6 Å². The fraction of sp³-hybridized carbons (Fsp3) is 0.778. The van der Waals surface area contributed by atoms with Crippen LogP contribution in [0.5, 0.6) is 0 Å². The number of halogens is 1. The summed E-state index contributed by atoms with van der Waals surface area (Å²) in [4.78, 5) is 22.1. The monoisotopic (exact) mass is 249 g/mol. The number of hydrogen-bond donors (Lipinski definition) is 3. The molecule has 6 atom stereocenters. The average Bonchev–Trinajstić information content (AvgIpc) is 2.81. The molecule has 0 bridgehead atoms. The first-order valence-corrected chi connectivity index (χ1v) is 5.83. The molecule has 16 heavy (non-hydrogen) atoms. The Balaban J connectivity index is 2.29. The van der Waals surface area contributed by atoms with Crippen molar-refractivity contribution < 1.29 is 24.2 Å². The van der Waals surface area contributed by atoms with Crippen molar-refractivity contribution in [3.63, 3.8) is 0 Å². The van der Waals surface area contributed by atoms with Crippen LogP contribution in [0.4, 0.5) is 4.39 Å². The zero-order valence-electron chi connectivity index (χ0n) is 8.39. The fourth-order valence-corrected chi connectivity index (χ4v) is 3.35. The Kier molecular flexibility index (Phi) is 2.67. The van der Waals surface area contributed by atoms with Crippen molar-refractivity contribution in [2.24, 2.45) is 17.8 Å². The number of rotatable bonds is 4. The number of fused-ring (bicyclic) bond motifs is 1. The lowest BCUT2D eigenvalue weighted by atomic mass is 9.89. The third-order valence-electron chi connectivity index (χ3n) is 3.70. The number of carboxylic acid groups (broad SMARTS) is 2. The van der Waals surface area contributed by atoms with Crippen LogP contribution in [-0.4, -0.2) is 40.1 Å². The molecule has 0 aromatic heterocycles. The van der Waals surface area contributed by atoms with E-state index in [1.807, 2.05) is 0 Å². The summed E-state index contributed by atoms with van der Waals surface area (Å²) in [7, 11) is 2.27. The van der Waals surface area contributed by atoms with Gasteiger partial charge in [-0.15, -0.1) is 9.24 Å². The van der Waals surface area contributed by atoms with Crippen LogP contribution in [0.2, 0.25) is 0 Å². The van der Waals surface area contributed by atoms with Gasteiger partial charge in [0, 0.05) is 12.2 Å². The lowest BCUT2D eigenvalue weighted by Gasteiger charge is -2.30. The van der Waals surface area contributed by atoms with Crippen LogP contribution >= 0.6 is 9.24 Å². The Morgan fingerprint density at radius 1 is 1.50 bits per heavy atom. The zero-order valence-corrected chi connectivity index (χ0v) is 9.54. The number of nitrogens with one attached hydrogen (secondary N) is 1. The van der Waals surface area contributed by atoms with Crippen molar-refractivity contribution in [3.05, 3.63) is 0 Å². The lowest BCUT2D eigenvalue weighted by molar-refractivity contribution is -0.149. The highest BCUT2D eigenvalue weighted by Crippen LogP contribution is 2.63. The van der Waals surface area contributed by atoms with E-state index in [0.29, 0.717) is 0 Å². The summed E-state index contributed by atoms with van der Waals surface area (Å²) in [6.07, 6.45) is -1.27. The number of alkyl halides is 1. The van der Waals surface area contributed by atoms with Crippen molar-refractivity contribution in [1.29, 1.82) is 0 Å². The maximum Gasteiger partial charge on any atom is 0.327 e. The summed E-state index contributed by atoms with van der Waals surface area (Å²) in [6.45, 7) is 0. The molecule has 2 aliphatic rings. The van der Waals surface area contributed by atoms with Gasteiger partial charge in [0.2, 0.25) is 0 Å². The van der Waals surface area contributed by atoms with Crippen LogP contribution in [0, 0.1) is 17.8 Å². The summed E-state index contributed by atoms with van der Waals surface area (Å²) >= 11 is 0. The molecule has 2 aliphatic carbocycles. The van der Waals surface area contributed by atoms with E-state index < -0.39 is 35.5 Å². The van der Waals surface area contributed by atoms with Gasteiger partial charge in [-0.2, -0.15) is 0 Å². The Bertz CT molecular complexity index is 352. The van der Waals surface area contributed by atoms with Gasteiger partial charge in [-0.05, 0) is 12.3 Å². The summed E-state index contributed by atoms with van der Waals surface area (Å²) in [5.41, 5.74) is -1.71. The average molecular weight is 249 g/mol. The van der Waals surface area contributed by atoms with Crippen molar-refractivity contribution in [1.82, 2.24) is 5.32 Å². The van der Waals surface area contributed by atoms with Crippen molar-refractivity contribution in [2.45, 2.75) is 18.1 Å². The zero-order chi connectivity index (χ0) is 12.1. The van der Waals surface area contributed by atoms with Gasteiger partial charge < -0.3 is 10.2 Å². The van der Waals surface area contributed by atoms with Crippen LogP contribution in [-0.2, 0) is 9.59 Å². The fourth-order valence-electron chi connectivity index (χ4n) is 3.01. The molecule has 1 unspecified atom stereocenters. The Hall–Kier alpha value is -0.740. The molecule has 0 radical (unpaired) electrons. The summed E-state index contributed by atoms with van der Waals surface area (Å²) in [5, 5.41) is 20.6. The standard InChI is InChI=1S/C9H13FNO4P/c10-4-1-3-5(7(12)13)6(3)9(4,8(14)15)11-2-16/h3-6,11H,1-2,16H2,(H,12,13)(H,14,15)/t3-,4-,5-,6-,9-/m0/s1. The van der Waals surface area contributed by atoms with E-state index in [0.717, 1.165) is 0 Å². The molecule has 0 aromatic carbocycles. The van der Waals surface area contributed by atoms with Gasteiger partial charge in [-0.3, -0.25) is 14.9 Å². The summed E-state index contributed by atoms with van der Waals surface area (Å²) in [6, 6.07) is 0. The second kappa shape index (κ2) is 3.64. The summed E-state index contributed by atoms with van der Waals surface area (Å²) < 4.78 is 13.8. The quantitative estimate of drug-likeness (QED) is 0.607. The molecule has 3 N–H and O–H groups in total. The van der Waals surface area contributed by atoms with Crippen LogP contribution < -0.4 is 5.32 Å². The normalized spacial score (nSPS) is 45.1. The van der Waals surface area contributed by atoms with Crippen LogP contribution in [0.15, 0.2) is 0 Å². The highest BCUT2D eigenvalue weighted by molar-refractivity contribution is 7.16. The minimum Gasteiger partial charge on any atom is -0.481 e. The minimum absolute atomic E-state index is 0.0194. The van der Waals surface area contributed by atoms with E-state index in [9.17, 15) is 14.0 Å². The van der Waals surface area contributed by atoms with Gasteiger partial charge in [-0.1, -0.05) is 0 Å². The molecule has 0 heterocycles. The predicted molar refractivity (Wildman–Crippen MR) is 55.7 cm³/mol. The summed E-state index contributed by atoms with van der Waals surface area (Å²) in [5.74, 6) is -4.00. The van der Waals surface area contributed by atoms with Gasteiger partial charge in [0.05, 0.1) is 5.92 Å². The highest BCUT2D eigenvalue weighted by atomic mass is 31.0. The molecule has 2 rings (SSSR count). The largest absolute Gasteiger partial charge is 0.481 e. The second-order valence-corrected chi connectivity index (χ2v) is 4.72. The number of aliphatic carboxylic acids is 2. The van der Waals surface area contributed by atoms with Crippen molar-refractivity contribution in [3.8, 4) is 0 Å². The third kappa shape index (κ3) is 1.29. The Morgan fingerprint density at radius 3 is 2.56 bits per heavy atom. The molecule has 0 aromatic rings. The molecule has 0 aliphatic heterocycles. The first kappa shape index (κ1) is 11.7. The molecule has 7 heteroatoms. The van der Waals surface area contributed by atoms with Gasteiger partial charge in [-0.25, -0.2) is 4.39 Å². The van der Waals surface area contributed by atoms with Crippen LogP contribution in [0.3, 0.4) is 0 Å². The van der Waals surface area contributed by atoms with E-state index in [1.165, 1.54) is 0 Å². The molecule has 5 nitrogen and oxygen atoms in total. The van der Waals surface area contributed by atoms with Crippen molar-refractivity contribution in [2.75, 3.05) is 6.29 Å². The first-order valence-electron chi connectivity index (χ1n) is 5.02. The molecule has 90 valence electrons. The molecule has 2 fully saturated rings. The van der Waals surface area contributed by atoms with Gasteiger partial charge in [0.1, 0.15) is 6.17 Å². The third-order valence-corrected chi connectivity index (χ3v) is 3.91. The number of hydrogen-bond acceptors (Lipinski definition) is 3. The number of carboxylic acids is 2. The molecule has 2 saturated carbocycles. The smallest absolute Gasteiger partial charge is 0.327 e. The molecule has 0 spiro atoms. The molecular formula is C9H13FNO4P. The first-order chi connectivity index (χ1) is 7.46. The van der Waals surface area contributed by atoms with E-state index in [1.54, 1.807) is 0 Å². The second-order valence-electron chi connectivity index (χ2n) is 4.31. The van der Waals surface area contributed by atoms with Crippen LogP contribution in [0.25, 0.3) is 0 Å². The molecule has 0 saturated heterocycles. The predicted octanol–water partition coefficient (Wildman–Crippen LogP) is -0.0794. The van der Waals surface area contributed by atoms with Crippen molar-refractivity contribution >= 4 is 21.2 Å². The molecular weight excluding hydrogens is 236 g/mol. The van der Waals surface area contributed by atoms with E-state index in [2.05, 4.69) is 14.6 Å². The maximum absolute atomic E-state index is 13.8. The minimum atomic E-state index is -1.71. The van der Waals surface area contributed by atoms with Crippen LogP contribution in [0.1, 0.15) is 6.42 Å². The highest BCUT2D eigenvalue weighted by Gasteiger charge is 2.75. The number of carbonyl (C=O) groups is 2.